The Morgan fingerprint density at radius 1 is 1.26 bits per heavy atom. The van der Waals surface area contributed by atoms with Gasteiger partial charge in [0, 0.05) is 31.1 Å². The van der Waals surface area contributed by atoms with Crippen LogP contribution in [0.3, 0.4) is 0 Å². The molecule has 0 bridgehead atoms. The molecule has 1 aliphatic heterocycles. The number of carbonyl (C=O) groups excluding carboxylic acids is 1. The maximum atomic E-state index is 12.0. The normalized spacial score (nSPS) is 17.1. The number of nitro groups is 1. The number of para-hydroxylation sites is 1. The van der Waals surface area contributed by atoms with E-state index < -0.39 is 22.8 Å². The summed E-state index contributed by atoms with van der Waals surface area (Å²) in [5, 5.41) is 20.7. The third-order valence-electron chi connectivity index (χ3n) is 3.42. The maximum Gasteiger partial charge on any atom is 0.336 e. The Kier molecular flexibility index (Phi) is 4.44. The molecule has 1 aromatic carbocycles. The largest absolute Gasteiger partial charge is 0.478 e. The summed E-state index contributed by atoms with van der Waals surface area (Å²) in [7, 11) is 2.72. The van der Waals surface area contributed by atoms with Gasteiger partial charge < -0.3 is 14.7 Å². The summed E-state index contributed by atoms with van der Waals surface area (Å²) in [5.41, 5.74) is -0.270. The van der Waals surface area contributed by atoms with Crippen LogP contribution in [0.15, 0.2) is 47.8 Å². The second kappa shape index (κ2) is 6.30. The van der Waals surface area contributed by atoms with Crippen LogP contribution in [0.5, 0.6) is 0 Å². The molecule has 23 heavy (non-hydrogen) atoms. The van der Waals surface area contributed by atoms with Crippen LogP contribution in [0, 0.1) is 10.1 Å². The van der Waals surface area contributed by atoms with Gasteiger partial charge >= 0.3 is 11.9 Å². The van der Waals surface area contributed by atoms with E-state index in [9.17, 15) is 24.8 Å². The number of hydrogen-bond acceptors (Lipinski definition) is 6. The lowest BCUT2D eigenvalue weighted by Gasteiger charge is -2.27. The fourth-order valence-corrected chi connectivity index (χ4v) is 2.49. The maximum absolute atomic E-state index is 12.0. The minimum Gasteiger partial charge on any atom is -0.478 e. The molecule has 8 nitrogen and oxygen atoms in total. The Balaban J connectivity index is 2.69. The highest BCUT2D eigenvalue weighted by atomic mass is 16.6. The number of carboxylic acids is 1. The SMILES string of the molecule is COC(=O)C1=CN(C)C=C(C(=O)O)C1c1ccccc1[N+](=O)[O-]. The van der Waals surface area contributed by atoms with E-state index in [1.54, 1.807) is 13.1 Å². The van der Waals surface area contributed by atoms with Gasteiger partial charge in [0.05, 0.1) is 29.1 Å². The first-order chi connectivity index (χ1) is 10.9. The Morgan fingerprint density at radius 2 is 1.87 bits per heavy atom. The third-order valence-corrected chi connectivity index (χ3v) is 3.42. The van der Waals surface area contributed by atoms with Crippen LogP contribution in [0.1, 0.15) is 11.5 Å². The summed E-state index contributed by atoms with van der Waals surface area (Å²) in [4.78, 5) is 35.7. The quantitative estimate of drug-likeness (QED) is 0.510. The number of nitrogens with zero attached hydrogens (tertiary/aromatic N) is 2. The molecule has 0 amide bonds. The first kappa shape index (κ1) is 16.2. The van der Waals surface area contributed by atoms with Crippen molar-refractivity contribution in [1.82, 2.24) is 4.90 Å². The van der Waals surface area contributed by atoms with E-state index in [-0.39, 0.29) is 22.4 Å². The average Bonchev–Trinajstić information content (AvgIpc) is 2.53. The molecule has 0 saturated heterocycles. The molecule has 0 saturated carbocycles. The lowest BCUT2D eigenvalue weighted by Crippen LogP contribution is -2.27. The number of carbonyl (C=O) groups is 2. The number of methoxy groups -OCH3 is 1. The van der Waals surface area contributed by atoms with Crippen LogP contribution in [0.25, 0.3) is 0 Å². The zero-order chi connectivity index (χ0) is 17.1. The second-order valence-corrected chi connectivity index (χ2v) is 4.88. The van der Waals surface area contributed by atoms with Crippen molar-refractivity contribution in [2.24, 2.45) is 0 Å². The van der Waals surface area contributed by atoms with E-state index >= 15 is 0 Å². The van der Waals surface area contributed by atoms with Gasteiger partial charge in [-0.05, 0) is 0 Å². The molecule has 2 rings (SSSR count). The summed E-state index contributed by atoms with van der Waals surface area (Å²) in [6, 6.07) is 5.72. The molecule has 1 atom stereocenters. The molecule has 8 heteroatoms. The Morgan fingerprint density at radius 3 is 2.43 bits per heavy atom. The van der Waals surface area contributed by atoms with Crippen LogP contribution < -0.4 is 0 Å². The fourth-order valence-electron chi connectivity index (χ4n) is 2.49. The number of rotatable bonds is 4. The first-order valence-corrected chi connectivity index (χ1v) is 6.57. The van der Waals surface area contributed by atoms with Gasteiger partial charge in [0.25, 0.3) is 5.69 Å². The summed E-state index contributed by atoms with van der Waals surface area (Å²) in [6.07, 6.45) is 2.72. The molecule has 0 aliphatic carbocycles. The molecule has 120 valence electrons. The van der Waals surface area contributed by atoms with Gasteiger partial charge in [0.15, 0.2) is 0 Å². The van der Waals surface area contributed by atoms with Crippen LogP contribution in [-0.2, 0) is 14.3 Å². The van der Waals surface area contributed by atoms with Gasteiger partial charge in [-0.2, -0.15) is 0 Å². The number of ether oxygens (including phenoxy) is 1. The van der Waals surface area contributed by atoms with E-state index in [1.807, 2.05) is 0 Å². The minimum atomic E-state index is -1.27. The summed E-state index contributed by atoms with van der Waals surface area (Å²) >= 11 is 0. The minimum absolute atomic E-state index is 0.0178. The first-order valence-electron chi connectivity index (χ1n) is 6.57. The topological polar surface area (TPSA) is 110 Å². The highest BCUT2D eigenvalue weighted by molar-refractivity contribution is 5.98. The predicted octanol–water partition coefficient (Wildman–Crippen LogP) is 1.65. The molecule has 1 aliphatic rings. The molecule has 0 spiro atoms. The molecule has 1 N–H and O–H groups in total. The standard InChI is InChI=1S/C15H14N2O6/c1-16-7-10(14(18)19)13(11(8-16)15(20)23-2)9-5-3-4-6-12(9)17(21)22/h3-8,13H,1-2H3,(H,18,19). The van der Waals surface area contributed by atoms with Gasteiger partial charge in [-0.15, -0.1) is 0 Å². The van der Waals surface area contributed by atoms with Crippen molar-refractivity contribution in [3.05, 3.63) is 63.5 Å². The summed E-state index contributed by atoms with van der Waals surface area (Å²) in [6.45, 7) is 0. The molecule has 0 fully saturated rings. The van der Waals surface area contributed by atoms with Crippen molar-refractivity contribution in [3.8, 4) is 0 Å². The van der Waals surface area contributed by atoms with Gasteiger partial charge in [-0.3, -0.25) is 10.1 Å². The number of nitro benzene ring substituents is 1. The lowest BCUT2D eigenvalue weighted by atomic mass is 9.82. The smallest absolute Gasteiger partial charge is 0.336 e. The molecular weight excluding hydrogens is 304 g/mol. The van der Waals surface area contributed by atoms with Gasteiger partial charge in [-0.1, -0.05) is 18.2 Å². The molecular formula is C15H14N2O6. The van der Waals surface area contributed by atoms with Crippen molar-refractivity contribution in [3.63, 3.8) is 0 Å². The number of esters is 1. The van der Waals surface area contributed by atoms with Gasteiger partial charge in [-0.25, -0.2) is 9.59 Å². The van der Waals surface area contributed by atoms with Crippen LogP contribution in [0.2, 0.25) is 0 Å². The van der Waals surface area contributed by atoms with Crippen LogP contribution in [-0.4, -0.2) is 41.0 Å². The van der Waals surface area contributed by atoms with Gasteiger partial charge in [0.2, 0.25) is 0 Å². The molecule has 0 aromatic heterocycles. The number of hydrogen-bond donors (Lipinski definition) is 1. The lowest BCUT2D eigenvalue weighted by molar-refractivity contribution is -0.385. The van der Waals surface area contributed by atoms with Crippen molar-refractivity contribution in [2.45, 2.75) is 5.92 Å². The van der Waals surface area contributed by atoms with Gasteiger partial charge in [0.1, 0.15) is 0 Å². The van der Waals surface area contributed by atoms with E-state index in [2.05, 4.69) is 0 Å². The summed E-state index contributed by atoms with van der Waals surface area (Å²) < 4.78 is 4.69. The van der Waals surface area contributed by atoms with E-state index in [0.29, 0.717) is 0 Å². The van der Waals surface area contributed by atoms with E-state index in [4.69, 9.17) is 4.74 Å². The average molecular weight is 318 g/mol. The molecule has 1 heterocycles. The number of benzene rings is 1. The zero-order valence-electron chi connectivity index (χ0n) is 12.4. The Labute approximate surface area is 131 Å². The highest BCUT2D eigenvalue weighted by Gasteiger charge is 2.37. The number of aliphatic carboxylic acids is 1. The number of carboxylic acid groups (broad SMARTS) is 1. The summed E-state index contributed by atoms with van der Waals surface area (Å²) in [5.74, 6) is -3.10. The third kappa shape index (κ3) is 3.05. The van der Waals surface area contributed by atoms with E-state index in [1.165, 1.54) is 42.6 Å². The molecule has 1 unspecified atom stereocenters. The van der Waals surface area contributed by atoms with Crippen molar-refractivity contribution >= 4 is 17.6 Å². The fraction of sp³-hybridized carbons (Fsp3) is 0.200. The Bertz CT molecular complexity index is 737. The van der Waals surface area contributed by atoms with Crippen molar-refractivity contribution in [2.75, 3.05) is 14.2 Å². The van der Waals surface area contributed by atoms with Crippen molar-refractivity contribution in [1.29, 1.82) is 0 Å². The zero-order valence-corrected chi connectivity index (χ0v) is 12.4. The molecule has 0 radical (unpaired) electrons. The van der Waals surface area contributed by atoms with Crippen LogP contribution >= 0.6 is 0 Å². The van der Waals surface area contributed by atoms with E-state index in [0.717, 1.165) is 0 Å². The molecule has 1 aromatic rings. The second-order valence-electron chi connectivity index (χ2n) is 4.88. The van der Waals surface area contributed by atoms with Crippen LogP contribution in [0.4, 0.5) is 5.69 Å². The Hall–Kier alpha value is -3.16. The van der Waals surface area contributed by atoms with Crippen molar-refractivity contribution < 1.29 is 24.4 Å². The predicted molar refractivity (Wildman–Crippen MR) is 79.4 cm³/mol. The monoisotopic (exact) mass is 318 g/mol. The highest BCUT2D eigenvalue weighted by Crippen LogP contribution is 2.40.